The van der Waals surface area contributed by atoms with E-state index in [-0.39, 0.29) is 5.91 Å². The summed E-state index contributed by atoms with van der Waals surface area (Å²) in [6.45, 7) is 3.03. The molecule has 8 heteroatoms. The van der Waals surface area contributed by atoms with Crippen molar-refractivity contribution >= 4 is 59.9 Å². The lowest BCUT2D eigenvalue weighted by Crippen LogP contribution is -2.48. The predicted octanol–water partition coefficient (Wildman–Crippen LogP) is 4.09. The van der Waals surface area contributed by atoms with Gasteiger partial charge in [-0.25, -0.2) is 4.98 Å². The van der Waals surface area contributed by atoms with Gasteiger partial charge in [0.25, 0.3) is 5.91 Å². The smallest absolute Gasteiger partial charge is 0.264 e. The second-order valence-corrected chi connectivity index (χ2v) is 9.19. The van der Waals surface area contributed by atoms with E-state index in [1.807, 2.05) is 35.2 Å². The Morgan fingerprint density at radius 1 is 1.16 bits per heavy atom. The molecule has 1 aliphatic heterocycles. The second-order valence-electron chi connectivity index (χ2n) is 5.71. The largest absolute Gasteiger partial charge is 0.497 e. The van der Waals surface area contributed by atoms with Crippen molar-refractivity contribution in [3.8, 4) is 5.75 Å². The third-order valence-corrected chi connectivity index (χ3v) is 6.90. The first-order valence-electron chi connectivity index (χ1n) is 7.88. The maximum Gasteiger partial charge on any atom is 0.264 e. The first-order valence-corrected chi connectivity index (χ1v) is 10.3. The quantitative estimate of drug-likeness (QED) is 0.618. The van der Waals surface area contributed by atoms with Gasteiger partial charge in [0.1, 0.15) is 5.75 Å². The van der Waals surface area contributed by atoms with E-state index >= 15 is 0 Å². The van der Waals surface area contributed by atoms with Gasteiger partial charge >= 0.3 is 0 Å². The van der Waals surface area contributed by atoms with Crippen LogP contribution in [0.15, 0.2) is 34.1 Å². The van der Waals surface area contributed by atoms with Crippen LogP contribution in [0.5, 0.6) is 5.75 Å². The number of methoxy groups -OCH3 is 1. The second kappa shape index (κ2) is 6.93. The average Bonchev–Trinajstić information content (AvgIpc) is 3.26. The normalized spacial score (nSPS) is 15.0. The van der Waals surface area contributed by atoms with Crippen LogP contribution in [-0.2, 0) is 0 Å². The van der Waals surface area contributed by atoms with Crippen molar-refractivity contribution in [3.63, 3.8) is 0 Å². The van der Waals surface area contributed by atoms with Crippen molar-refractivity contribution in [2.75, 3.05) is 38.2 Å². The zero-order chi connectivity index (χ0) is 17.4. The summed E-state index contributed by atoms with van der Waals surface area (Å²) in [5, 5.41) is 1.01. The molecule has 1 aliphatic rings. The van der Waals surface area contributed by atoms with E-state index in [1.54, 1.807) is 18.4 Å². The highest BCUT2D eigenvalue weighted by atomic mass is 79.9. The molecule has 3 aromatic rings. The number of fused-ring (bicyclic) bond motifs is 1. The van der Waals surface area contributed by atoms with Gasteiger partial charge in [-0.05, 0) is 46.3 Å². The van der Waals surface area contributed by atoms with Gasteiger partial charge in [-0.15, -0.1) is 11.3 Å². The van der Waals surface area contributed by atoms with Gasteiger partial charge in [0.2, 0.25) is 0 Å². The molecular formula is C17H16BrN3O2S2. The zero-order valence-electron chi connectivity index (χ0n) is 13.6. The van der Waals surface area contributed by atoms with Crippen molar-refractivity contribution in [2.24, 2.45) is 0 Å². The van der Waals surface area contributed by atoms with Crippen molar-refractivity contribution in [2.45, 2.75) is 0 Å². The van der Waals surface area contributed by atoms with Gasteiger partial charge in [0.15, 0.2) is 5.13 Å². The van der Waals surface area contributed by atoms with Crippen molar-refractivity contribution in [1.82, 2.24) is 9.88 Å². The lowest BCUT2D eigenvalue weighted by molar-refractivity contribution is 0.0751. The number of thiophene rings is 1. The predicted molar refractivity (Wildman–Crippen MR) is 106 cm³/mol. The van der Waals surface area contributed by atoms with Crippen LogP contribution in [0.25, 0.3) is 10.2 Å². The van der Waals surface area contributed by atoms with Crippen molar-refractivity contribution in [1.29, 1.82) is 0 Å². The van der Waals surface area contributed by atoms with Crippen LogP contribution in [0.1, 0.15) is 9.67 Å². The fourth-order valence-corrected chi connectivity index (χ4v) is 5.24. The van der Waals surface area contributed by atoms with E-state index in [2.05, 4.69) is 20.8 Å². The number of anilines is 1. The van der Waals surface area contributed by atoms with Crippen LogP contribution < -0.4 is 9.64 Å². The standard InChI is InChI=1S/C17H16BrN3O2S2/c1-23-11-2-3-12-14(10-11)25-17(19-12)21-8-6-20(7-9-21)16(22)13-4-5-15(18)24-13/h2-5,10H,6-9H2,1H3. The topological polar surface area (TPSA) is 45.7 Å². The fraction of sp³-hybridized carbons (Fsp3) is 0.294. The summed E-state index contributed by atoms with van der Waals surface area (Å²) >= 11 is 6.57. The van der Waals surface area contributed by atoms with Crippen LogP contribution in [0.2, 0.25) is 0 Å². The molecule has 0 saturated carbocycles. The highest BCUT2D eigenvalue weighted by Gasteiger charge is 2.24. The molecule has 0 bridgehead atoms. The van der Waals surface area contributed by atoms with E-state index in [1.165, 1.54) is 11.3 Å². The minimum absolute atomic E-state index is 0.115. The monoisotopic (exact) mass is 437 g/mol. The number of benzene rings is 1. The van der Waals surface area contributed by atoms with E-state index in [0.717, 1.165) is 42.9 Å². The number of thiazole rings is 1. The molecule has 0 aliphatic carbocycles. The van der Waals surface area contributed by atoms with Gasteiger partial charge in [-0.2, -0.15) is 0 Å². The van der Waals surface area contributed by atoms with Crippen molar-refractivity contribution < 1.29 is 9.53 Å². The first kappa shape index (κ1) is 16.8. The molecule has 0 N–H and O–H groups in total. The molecule has 25 heavy (non-hydrogen) atoms. The number of hydrogen-bond donors (Lipinski definition) is 0. The number of rotatable bonds is 3. The summed E-state index contributed by atoms with van der Waals surface area (Å²) in [5.41, 5.74) is 0.989. The molecule has 0 spiro atoms. The average molecular weight is 438 g/mol. The van der Waals surface area contributed by atoms with Crippen molar-refractivity contribution in [3.05, 3.63) is 39.0 Å². The molecule has 2 aromatic heterocycles. The fourth-order valence-electron chi connectivity index (χ4n) is 2.84. The first-order chi connectivity index (χ1) is 12.1. The summed E-state index contributed by atoms with van der Waals surface area (Å²) in [7, 11) is 1.67. The van der Waals surface area contributed by atoms with Gasteiger partial charge in [-0.1, -0.05) is 11.3 Å². The van der Waals surface area contributed by atoms with Crippen LogP contribution in [-0.4, -0.2) is 49.1 Å². The maximum atomic E-state index is 12.5. The van der Waals surface area contributed by atoms with Gasteiger partial charge in [-0.3, -0.25) is 4.79 Å². The Balaban J connectivity index is 1.45. The van der Waals surface area contributed by atoms with Gasteiger partial charge in [0.05, 0.1) is 26.0 Å². The summed E-state index contributed by atoms with van der Waals surface area (Å²) in [4.78, 5) is 22.2. The molecule has 130 valence electrons. The minimum Gasteiger partial charge on any atom is -0.497 e. The number of aromatic nitrogens is 1. The highest BCUT2D eigenvalue weighted by molar-refractivity contribution is 9.11. The van der Waals surface area contributed by atoms with E-state index < -0.39 is 0 Å². The Labute approximate surface area is 162 Å². The lowest BCUT2D eigenvalue weighted by Gasteiger charge is -2.34. The summed E-state index contributed by atoms with van der Waals surface area (Å²) in [6, 6.07) is 9.74. The molecule has 1 fully saturated rings. The number of ether oxygens (including phenoxy) is 1. The third kappa shape index (κ3) is 3.38. The number of hydrogen-bond acceptors (Lipinski definition) is 6. The SMILES string of the molecule is COc1ccc2nc(N3CCN(C(=O)c4ccc(Br)s4)CC3)sc2c1. The highest BCUT2D eigenvalue weighted by Crippen LogP contribution is 2.32. The Morgan fingerprint density at radius 3 is 2.64 bits per heavy atom. The maximum absolute atomic E-state index is 12.5. The molecule has 3 heterocycles. The van der Waals surface area contributed by atoms with E-state index in [4.69, 9.17) is 9.72 Å². The molecule has 5 nitrogen and oxygen atoms in total. The molecule has 1 saturated heterocycles. The third-order valence-electron chi connectivity index (χ3n) is 4.21. The molecular weight excluding hydrogens is 422 g/mol. The van der Waals surface area contributed by atoms with Crippen LogP contribution >= 0.6 is 38.6 Å². The summed E-state index contributed by atoms with van der Waals surface area (Å²) in [6.07, 6.45) is 0. The minimum atomic E-state index is 0.115. The van der Waals surface area contributed by atoms with Crippen LogP contribution in [0, 0.1) is 0 Å². The number of halogens is 1. The van der Waals surface area contributed by atoms with Crippen LogP contribution in [0.3, 0.4) is 0 Å². The lowest BCUT2D eigenvalue weighted by atomic mass is 10.3. The van der Waals surface area contributed by atoms with Gasteiger partial charge in [0, 0.05) is 26.2 Å². The number of carbonyl (C=O) groups excluding carboxylic acids is 1. The molecule has 1 aromatic carbocycles. The Bertz CT molecular complexity index is 916. The Morgan fingerprint density at radius 2 is 1.96 bits per heavy atom. The molecule has 4 rings (SSSR count). The molecule has 1 amide bonds. The Kier molecular flexibility index (Phi) is 4.66. The molecule has 0 radical (unpaired) electrons. The Hall–Kier alpha value is -1.64. The number of amides is 1. The number of piperazine rings is 1. The van der Waals surface area contributed by atoms with Gasteiger partial charge < -0.3 is 14.5 Å². The summed E-state index contributed by atoms with van der Waals surface area (Å²) < 4.78 is 7.39. The zero-order valence-corrected chi connectivity index (χ0v) is 16.8. The van der Waals surface area contributed by atoms with E-state index in [9.17, 15) is 4.79 Å². The number of nitrogens with zero attached hydrogens (tertiary/aromatic N) is 3. The number of carbonyl (C=O) groups is 1. The summed E-state index contributed by atoms with van der Waals surface area (Å²) in [5.74, 6) is 0.963. The van der Waals surface area contributed by atoms with Crippen LogP contribution in [0.4, 0.5) is 5.13 Å². The molecule has 0 atom stereocenters. The molecule has 0 unspecified atom stereocenters. The van der Waals surface area contributed by atoms with E-state index in [0.29, 0.717) is 13.1 Å².